The number of hydrogen-bond acceptors (Lipinski definition) is 3. The van der Waals surface area contributed by atoms with Crippen LogP contribution in [0.5, 0.6) is 0 Å². The van der Waals surface area contributed by atoms with Crippen molar-refractivity contribution >= 4 is 0 Å². The summed E-state index contributed by atoms with van der Waals surface area (Å²) in [6.07, 6.45) is 1.93. The molecule has 2 rings (SSSR count). The van der Waals surface area contributed by atoms with Crippen LogP contribution in [-0.2, 0) is 13.0 Å². The minimum absolute atomic E-state index is 0.795. The van der Waals surface area contributed by atoms with Crippen LogP contribution >= 0.6 is 0 Å². The van der Waals surface area contributed by atoms with Crippen molar-refractivity contribution in [3.05, 3.63) is 59.2 Å². The monoisotopic (exact) mass is 255 g/mol. The molecule has 3 nitrogen and oxygen atoms in total. The summed E-state index contributed by atoms with van der Waals surface area (Å²) in [6.45, 7) is 6.04. The SMILES string of the molecule is CCCNCc1cc(C)nc(Cc2ccccc2)n1. The Kier molecular flexibility index (Phi) is 5.04. The van der Waals surface area contributed by atoms with Crippen molar-refractivity contribution in [2.24, 2.45) is 0 Å². The molecule has 0 aliphatic rings. The van der Waals surface area contributed by atoms with Crippen LogP contribution in [0.1, 0.15) is 36.1 Å². The molecule has 0 aliphatic heterocycles. The predicted octanol–water partition coefficient (Wildman–Crippen LogP) is 2.88. The maximum atomic E-state index is 4.63. The first kappa shape index (κ1) is 13.7. The third kappa shape index (κ3) is 4.45. The molecule has 0 unspecified atom stereocenters. The van der Waals surface area contributed by atoms with Gasteiger partial charge >= 0.3 is 0 Å². The van der Waals surface area contributed by atoms with Crippen molar-refractivity contribution in [3.63, 3.8) is 0 Å². The van der Waals surface area contributed by atoms with Gasteiger partial charge in [0.1, 0.15) is 5.82 Å². The highest BCUT2D eigenvalue weighted by atomic mass is 14.9. The van der Waals surface area contributed by atoms with Gasteiger partial charge in [0.2, 0.25) is 0 Å². The Hall–Kier alpha value is -1.74. The maximum Gasteiger partial charge on any atom is 0.133 e. The Morgan fingerprint density at radius 1 is 1.11 bits per heavy atom. The van der Waals surface area contributed by atoms with Gasteiger partial charge in [0.25, 0.3) is 0 Å². The number of benzene rings is 1. The third-order valence-electron chi connectivity index (χ3n) is 2.89. The Morgan fingerprint density at radius 2 is 1.89 bits per heavy atom. The number of nitrogens with zero attached hydrogens (tertiary/aromatic N) is 2. The second-order valence-corrected chi connectivity index (χ2v) is 4.76. The number of nitrogens with one attached hydrogen (secondary N) is 1. The summed E-state index contributed by atoms with van der Waals surface area (Å²) in [5.41, 5.74) is 3.36. The van der Waals surface area contributed by atoms with Gasteiger partial charge < -0.3 is 5.32 Å². The van der Waals surface area contributed by atoms with Crippen LogP contribution in [0.15, 0.2) is 36.4 Å². The molecule has 1 aromatic heterocycles. The van der Waals surface area contributed by atoms with Gasteiger partial charge in [0, 0.05) is 18.7 Å². The molecule has 0 radical (unpaired) electrons. The van der Waals surface area contributed by atoms with Gasteiger partial charge in [-0.05, 0) is 31.5 Å². The van der Waals surface area contributed by atoms with E-state index < -0.39 is 0 Å². The first-order valence-corrected chi connectivity index (χ1v) is 6.86. The fraction of sp³-hybridized carbons (Fsp3) is 0.375. The van der Waals surface area contributed by atoms with Gasteiger partial charge in [-0.25, -0.2) is 9.97 Å². The van der Waals surface area contributed by atoms with E-state index in [9.17, 15) is 0 Å². The Bertz CT molecular complexity index is 509. The van der Waals surface area contributed by atoms with Crippen LogP contribution in [-0.4, -0.2) is 16.5 Å². The van der Waals surface area contributed by atoms with Crippen LogP contribution < -0.4 is 5.32 Å². The largest absolute Gasteiger partial charge is 0.311 e. The van der Waals surface area contributed by atoms with Crippen LogP contribution in [0.25, 0.3) is 0 Å². The molecule has 0 saturated carbocycles. The van der Waals surface area contributed by atoms with Crippen molar-refractivity contribution in [1.82, 2.24) is 15.3 Å². The lowest BCUT2D eigenvalue weighted by Crippen LogP contribution is -2.16. The quantitative estimate of drug-likeness (QED) is 0.807. The minimum atomic E-state index is 0.795. The molecular weight excluding hydrogens is 234 g/mol. The average Bonchev–Trinajstić information content (AvgIpc) is 2.39. The van der Waals surface area contributed by atoms with E-state index in [1.54, 1.807) is 0 Å². The summed E-state index contributed by atoms with van der Waals surface area (Å²) >= 11 is 0. The van der Waals surface area contributed by atoms with Gasteiger partial charge in [0.05, 0.1) is 5.69 Å². The Labute approximate surface area is 115 Å². The molecular formula is C16H21N3. The highest BCUT2D eigenvalue weighted by Gasteiger charge is 2.03. The van der Waals surface area contributed by atoms with Gasteiger partial charge in [-0.1, -0.05) is 37.3 Å². The van der Waals surface area contributed by atoms with E-state index in [0.29, 0.717) is 0 Å². The van der Waals surface area contributed by atoms with Gasteiger partial charge in [-0.3, -0.25) is 0 Å². The zero-order valence-corrected chi connectivity index (χ0v) is 11.7. The Morgan fingerprint density at radius 3 is 2.63 bits per heavy atom. The lowest BCUT2D eigenvalue weighted by Gasteiger charge is -2.07. The molecule has 0 spiro atoms. The number of aryl methyl sites for hydroxylation is 1. The van der Waals surface area contributed by atoms with E-state index in [0.717, 1.165) is 43.1 Å². The van der Waals surface area contributed by atoms with Crippen molar-refractivity contribution in [3.8, 4) is 0 Å². The summed E-state index contributed by atoms with van der Waals surface area (Å²) in [7, 11) is 0. The topological polar surface area (TPSA) is 37.8 Å². The van der Waals surface area contributed by atoms with E-state index in [1.165, 1.54) is 5.56 Å². The molecule has 19 heavy (non-hydrogen) atoms. The zero-order valence-electron chi connectivity index (χ0n) is 11.7. The summed E-state index contributed by atoms with van der Waals surface area (Å²) in [6, 6.07) is 12.4. The summed E-state index contributed by atoms with van der Waals surface area (Å²) in [4.78, 5) is 9.15. The fourth-order valence-electron chi connectivity index (χ4n) is 2.04. The lowest BCUT2D eigenvalue weighted by molar-refractivity contribution is 0.658. The molecule has 1 heterocycles. The molecule has 0 fully saturated rings. The normalized spacial score (nSPS) is 10.6. The van der Waals surface area contributed by atoms with Crippen molar-refractivity contribution in [2.75, 3.05) is 6.54 Å². The van der Waals surface area contributed by atoms with Gasteiger partial charge in [-0.15, -0.1) is 0 Å². The van der Waals surface area contributed by atoms with Crippen LogP contribution in [0.4, 0.5) is 0 Å². The Balaban J connectivity index is 2.08. The van der Waals surface area contributed by atoms with Gasteiger partial charge in [0.15, 0.2) is 0 Å². The van der Waals surface area contributed by atoms with Crippen molar-refractivity contribution < 1.29 is 0 Å². The van der Waals surface area contributed by atoms with E-state index in [-0.39, 0.29) is 0 Å². The predicted molar refractivity (Wildman–Crippen MR) is 78.0 cm³/mol. The fourth-order valence-corrected chi connectivity index (χ4v) is 2.04. The van der Waals surface area contributed by atoms with E-state index >= 15 is 0 Å². The molecule has 2 aromatic rings. The molecule has 0 atom stereocenters. The van der Waals surface area contributed by atoms with Crippen molar-refractivity contribution in [1.29, 1.82) is 0 Å². The molecule has 1 aromatic carbocycles. The van der Waals surface area contributed by atoms with E-state index in [1.807, 2.05) is 13.0 Å². The number of hydrogen-bond donors (Lipinski definition) is 1. The number of rotatable bonds is 6. The average molecular weight is 255 g/mol. The van der Waals surface area contributed by atoms with Crippen LogP contribution in [0.3, 0.4) is 0 Å². The number of aromatic nitrogens is 2. The van der Waals surface area contributed by atoms with Crippen LogP contribution in [0, 0.1) is 6.92 Å². The first-order chi connectivity index (χ1) is 9.28. The summed E-state index contributed by atoms with van der Waals surface area (Å²) < 4.78 is 0. The first-order valence-electron chi connectivity index (χ1n) is 6.86. The molecule has 0 bridgehead atoms. The summed E-state index contributed by atoms with van der Waals surface area (Å²) in [5, 5.41) is 3.38. The molecule has 1 N–H and O–H groups in total. The second-order valence-electron chi connectivity index (χ2n) is 4.76. The van der Waals surface area contributed by atoms with E-state index in [2.05, 4.69) is 52.5 Å². The van der Waals surface area contributed by atoms with Gasteiger partial charge in [-0.2, -0.15) is 0 Å². The molecule has 0 aliphatic carbocycles. The highest BCUT2D eigenvalue weighted by molar-refractivity contribution is 5.20. The minimum Gasteiger partial charge on any atom is -0.311 e. The molecule has 0 saturated heterocycles. The molecule has 3 heteroatoms. The van der Waals surface area contributed by atoms with E-state index in [4.69, 9.17) is 0 Å². The second kappa shape index (κ2) is 7.00. The molecule has 100 valence electrons. The van der Waals surface area contributed by atoms with Crippen molar-refractivity contribution in [2.45, 2.75) is 33.2 Å². The maximum absolute atomic E-state index is 4.63. The smallest absolute Gasteiger partial charge is 0.133 e. The highest BCUT2D eigenvalue weighted by Crippen LogP contribution is 2.07. The third-order valence-corrected chi connectivity index (χ3v) is 2.89. The standard InChI is InChI=1S/C16H21N3/c1-3-9-17-12-15-10-13(2)18-16(19-15)11-14-7-5-4-6-8-14/h4-8,10,17H,3,9,11-12H2,1-2H3. The zero-order chi connectivity index (χ0) is 13.5. The van der Waals surface area contributed by atoms with Crippen LogP contribution in [0.2, 0.25) is 0 Å². The summed E-state index contributed by atoms with van der Waals surface area (Å²) in [5.74, 6) is 0.902. The lowest BCUT2D eigenvalue weighted by atomic mass is 10.1. The molecule has 0 amide bonds.